The van der Waals surface area contributed by atoms with Crippen LogP contribution in [-0.2, 0) is 7.05 Å². The highest BCUT2D eigenvalue weighted by Gasteiger charge is 2.20. The first-order valence-corrected chi connectivity index (χ1v) is 7.44. The molecule has 0 unspecified atom stereocenters. The van der Waals surface area contributed by atoms with E-state index in [4.69, 9.17) is 44.8 Å². The molecule has 0 saturated carbocycles. The van der Waals surface area contributed by atoms with Gasteiger partial charge >= 0.3 is 5.69 Å². The number of nitriles is 1. The molecule has 0 aliphatic heterocycles. The van der Waals surface area contributed by atoms with E-state index in [-0.39, 0.29) is 22.0 Å². The van der Waals surface area contributed by atoms with Gasteiger partial charge in [0.2, 0.25) is 0 Å². The van der Waals surface area contributed by atoms with Crippen molar-refractivity contribution >= 4 is 34.8 Å². The first kappa shape index (κ1) is 16.8. The molecule has 0 aliphatic rings. The second-order valence-corrected chi connectivity index (χ2v) is 6.00. The molecule has 0 radical (unpaired) electrons. The van der Waals surface area contributed by atoms with Crippen LogP contribution in [0, 0.1) is 11.3 Å². The summed E-state index contributed by atoms with van der Waals surface area (Å²) in [4.78, 5) is 12.3. The Morgan fingerprint density at radius 2 is 1.86 bits per heavy atom. The number of aromatic nitrogens is 2. The lowest BCUT2D eigenvalue weighted by Crippen LogP contribution is -2.21. The Morgan fingerprint density at radius 1 is 1.23 bits per heavy atom. The molecule has 22 heavy (non-hydrogen) atoms. The monoisotopic (exact) mass is 359 g/mol. The summed E-state index contributed by atoms with van der Waals surface area (Å²) in [6.45, 7) is 3.69. The molecular formula is C14H12Cl3N3O2. The summed E-state index contributed by atoms with van der Waals surface area (Å²) < 4.78 is 7.88. The number of hydrogen-bond acceptors (Lipinski definition) is 3. The molecule has 0 saturated heterocycles. The Balaban J connectivity index is 2.74. The topological polar surface area (TPSA) is 60.0 Å². The molecule has 0 amide bonds. The van der Waals surface area contributed by atoms with E-state index in [1.807, 2.05) is 19.9 Å². The second kappa shape index (κ2) is 6.25. The summed E-state index contributed by atoms with van der Waals surface area (Å²) in [6.07, 6.45) is -0.107. The highest BCUT2D eigenvalue weighted by molar-refractivity contribution is 6.37. The third kappa shape index (κ3) is 2.82. The maximum absolute atomic E-state index is 12.3. The average molecular weight is 361 g/mol. The van der Waals surface area contributed by atoms with E-state index in [1.165, 1.54) is 19.2 Å². The first-order valence-electron chi connectivity index (χ1n) is 6.31. The molecule has 0 atom stereocenters. The van der Waals surface area contributed by atoms with Gasteiger partial charge in [0.1, 0.15) is 11.8 Å². The van der Waals surface area contributed by atoms with Gasteiger partial charge in [-0.2, -0.15) is 5.26 Å². The van der Waals surface area contributed by atoms with E-state index in [1.54, 1.807) is 0 Å². The lowest BCUT2D eigenvalue weighted by Gasteiger charge is -2.14. The molecule has 116 valence electrons. The highest BCUT2D eigenvalue weighted by Crippen LogP contribution is 2.34. The minimum Gasteiger partial charge on any atom is -0.489 e. The zero-order valence-electron chi connectivity index (χ0n) is 12.0. The summed E-state index contributed by atoms with van der Waals surface area (Å²) >= 11 is 18.4. The van der Waals surface area contributed by atoms with Crippen molar-refractivity contribution in [2.24, 2.45) is 7.05 Å². The number of rotatable bonds is 3. The molecule has 0 N–H and O–H groups in total. The quantitative estimate of drug-likeness (QED) is 0.836. The van der Waals surface area contributed by atoms with Gasteiger partial charge in [0.25, 0.3) is 0 Å². The maximum Gasteiger partial charge on any atom is 0.334 e. The highest BCUT2D eigenvalue weighted by atomic mass is 35.5. The number of halogens is 3. The Kier molecular flexibility index (Phi) is 4.76. The van der Waals surface area contributed by atoms with Gasteiger partial charge in [0.15, 0.2) is 10.8 Å². The number of benzene rings is 1. The molecular weight excluding hydrogens is 349 g/mol. The van der Waals surface area contributed by atoms with Crippen LogP contribution in [0.1, 0.15) is 19.5 Å². The van der Waals surface area contributed by atoms with E-state index in [9.17, 15) is 4.79 Å². The van der Waals surface area contributed by atoms with Gasteiger partial charge in [0, 0.05) is 13.1 Å². The van der Waals surface area contributed by atoms with Crippen LogP contribution in [0.25, 0.3) is 5.69 Å². The molecule has 0 aliphatic carbocycles. The molecule has 5 nitrogen and oxygen atoms in total. The van der Waals surface area contributed by atoms with Gasteiger partial charge < -0.3 is 4.74 Å². The summed E-state index contributed by atoms with van der Waals surface area (Å²) in [5, 5.41) is 9.61. The van der Waals surface area contributed by atoms with Crippen LogP contribution in [0.2, 0.25) is 15.2 Å². The third-order valence-corrected chi connectivity index (χ3v) is 3.86. The van der Waals surface area contributed by atoms with Gasteiger partial charge in [-0.3, -0.25) is 4.57 Å². The van der Waals surface area contributed by atoms with E-state index >= 15 is 0 Å². The van der Waals surface area contributed by atoms with Crippen LogP contribution >= 0.6 is 34.8 Å². The summed E-state index contributed by atoms with van der Waals surface area (Å²) in [5.74, 6) is 0.376. The van der Waals surface area contributed by atoms with Crippen molar-refractivity contribution in [2.45, 2.75) is 20.0 Å². The van der Waals surface area contributed by atoms with Gasteiger partial charge in [-0.15, -0.1) is 0 Å². The van der Waals surface area contributed by atoms with Gasteiger partial charge in [-0.25, -0.2) is 9.36 Å². The van der Waals surface area contributed by atoms with Crippen LogP contribution < -0.4 is 10.4 Å². The number of nitrogens with zero attached hydrogens (tertiary/aromatic N) is 3. The average Bonchev–Trinajstić information content (AvgIpc) is 2.64. The number of imidazole rings is 1. The predicted octanol–water partition coefficient (Wildman–Crippen LogP) is 3.80. The van der Waals surface area contributed by atoms with Crippen molar-refractivity contribution in [3.8, 4) is 17.5 Å². The van der Waals surface area contributed by atoms with Crippen molar-refractivity contribution < 1.29 is 4.74 Å². The van der Waals surface area contributed by atoms with Crippen molar-refractivity contribution in [1.82, 2.24) is 9.13 Å². The summed E-state index contributed by atoms with van der Waals surface area (Å²) in [7, 11) is 1.46. The van der Waals surface area contributed by atoms with Crippen LogP contribution in [0.5, 0.6) is 5.75 Å². The molecule has 1 aromatic carbocycles. The molecule has 1 heterocycles. The molecule has 2 aromatic rings. The van der Waals surface area contributed by atoms with Crippen LogP contribution in [0.3, 0.4) is 0 Å². The summed E-state index contributed by atoms with van der Waals surface area (Å²) in [6, 6.07) is 4.88. The Hall–Kier alpha value is -1.61. The molecule has 0 bridgehead atoms. The molecule has 1 aromatic heterocycles. The normalized spacial score (nSPS) is 10.8. The van der Waals surface area contributed by atoms with Crippen molar-refractivity contribution in [1.29, 1.82) is 5.26 Å². The van der Waals surface area contributed by atoms with Crippen molar-refractivity contribution in [2.75, 3.05) is 0 Å². The predicted molar refractivity (Wildman–Crippen MR) is 86.5 cm³/mol. The SMILES string of the molecule is CC(C)Oc1cc(-n2c(Cl)c(C#N)n(C)c2=O)c(Cl)cc1Cl. The number of hydrogen-bond donors (Lipinski definition) is 0. The minimum absolute atomic E-state index is 0.0188. The standard InChI is InChI=1S/C14H12Cl3N3O2/c1-7(2)22-12-5-10(8(15)4-9(12)16)20-13(17)11(6-18)19(3)14(20)21/h4-5,7H,1-3H3. The van der Waals surface area contributed by atoms with Gasteiger partial charge in [-0.05, 0) is 19.9 Å². The van der Waals surface area contributed by atoms with Crippen molar-refractivity contribution in [3.05, 3.63) is 43.5 Å². The summed E-state index contributed by atoms with van der Waals surface area (Å²) in [5.41, 5.74) is -0.140. The molecule has 8 heteroatoms. The number of ether oxygens (including phenoxy) is 1. The smallest absolute Gasteiger partial charge is 0.334 e. The van der Waals surface area contributed by atoms with Crippen molar-refractivity contribution in [3.63, 3.8) is 0 Å². The minimum atomic E-state index is -0.485. The molecule has 0 spiro atoms. The lowest BCUT2D eigenvalue weighted by atomic mass is 10.3. The fraction of sp³-hybridized carbons (Fsp3) is 0.286. The van der Waals surface area contributed by atoms with E-state index < -0.39 is 5.69 Å². The second-order valence-electron chi connectivity index (χ2n) is 4.83. The first-order chi connectivity index (χ1) is 10.3. The fourth-order valence-electron chi connectivity index (χ4n) is 1.94. The zero-order chi connectivity index (χ0) is 16.6. The largest absolute Gasteiger partial charge is 0.489 e. The molecule has 2 rings (SSSR count). The maximum atomic E-state index is 12.3. The fourth-order valence-corrected chi connectivity index (χ4v) is 2.78. The molecule has 0 fully saturated rings. The Bertz CT molecular complexity index is 831. The Labute approximate surface area is 142 Å². The lowest BCUT2D eigenvalue weighted by molar-refractivity contribution is 0.242. The van der Waals surface area contributed by atoms with Gasteiger partial charge in [0.05, 0.1) is 21.8 Å². The Morgan fingerprint density at radius 3 is 2.36 bits per heavy atom. The van der Waals surface area contributed by atoms with E-state index in [0.29, 0.717) is 16.5 Å². The third-order valence-electron chi connectivity index (χ3n) is 2.92. The van der Waals surface area contributed by atoms with Crippen LogP contribution in [0.4, 0.5) is 0 Å². The zero-order valence-corrected chi connectivity index (χ0v) is 14.3. The van der Waals surface area contributed by atoms with Crippen LogP contribution in [0.15, 0.2) is 16.9 Å². The van der Waals surface area contributed by atoms with E-state index in [0.717, 1.165) is 9.13 Å². The van der Waals surface area contributed by atoms with Crippen LogP contribution in [-0.4, -0.2) is 15.2 Å². The van der Waals surface area contributed by atoms with E-state index in [2.05, 4.69) is 0 Å². The van der Waals surface area contributed by atoms with Gasteiger partial charge in [-0.1, -0.05) is 34.8 Å².